The highest BCUT2D eigenvalue weighted by molar-refractivity contribution is 8.00. The van der Waals surface area contributed by atoms with Crippen LogP contribution in [0.2, 0.25) is 0 Å². The summed E-state index contributed by atoms with van der Waals surface area (Å²) in [5, 5.41) is 2.79. The highest BCUT2D eigenvalue weighted by Crippen LogP contribution is 2.21. The summed E-state index contributed by atoms with van der Waals surface area (Å²) in [5.41, 5.74) is 0.749. The summed E-state index contributed by atoms with van der Waals surface area (Å²) in [6.45, 7) is 1.77. The Morgan fingerprint density at radius 3 is 2.30 bits per heavy atom. The second kappa shape index (κ2) is 8.81. The van der Waals surface area contributed by atoms with Crippen molar-refractivity contribution in [3.8, 4) is 0 Å². The Bertz CT molecular complexity index is 917. The SMILES string of the molecule is CC(NC(=O)CSc1ccc(F)c(F)c1)c1ccc(S(=O)(=O)N(C)C)cc1. The van der Waals surface area contributed by atoms with Gasteiger partial charge in [0.2, 0.25) is 15.9 Å². The zero-order valence-electron chi connectivity index (χ0n) is 15.1. The summed E-state index contributed by atoms with van der Waals surface area (Å²) in [6.07, 6.45) is 0. The predicted molar refractivity (Wildman–Crippen MR) is 101 cm³/mol. The molecule has 9 heteroatoms. The van der Waals surface area contributed by atoms with Crippen LogP contribution in [0.3, 0.4) is 0 Å². The first-order valence-corrected chi connectivity index (χ1v) is 10.4. The van der Waals surface area contributed by atoms with Gasteiger partial charge in [-0.15, -0.1) is 11.8 Å². The summed E-state index contributed by atoms with van der Waals surface area (Å²) in [5.74, 6) is -2.12. The fraction of sp³-hybridized carbons (Fsp3) is 0.278. The lowest BCUT2D eigenvalue weighted by Crippen LogP contribution is -2.28. The lowest BCUT2D eigenvalue weighted by Gasteiger charge is -2.16. The minimum absolute atomic E-state index is 0.0442. The van der Waals surface area contributed by atoms with Crippen LogP contribution in [0, 0.1) is 11.6 Å². The molecule has 0 radical (unpaired) electrons. The second-order valence-electron chi connectivity index (χ2n) is 6.01. The van der Waals surface area contributed by atoms with Gasteiger partial charge in [0.05, 0.1) is 16.7 Å². The van der Waals surface area contributed by atoms with E-state index in [-0.39, 0.29) is 22.6 Å². The number of halogens is 2. The van der Waals surface area contributed by atoms with Gasteiger partial charge in [-0.3, -0.25) is 4.79 Å². The monoisotopic (exact) mass is 414 g/mol. The van der Waals surface area contributed by atoms with Crippen LogP contribution in [0.25, 0.3) is 0 Å². The molecule has 5 nitrogen and oxygen atoms in total. The van der Waals surface area contributed by atoms with Crippen molar-refractivity contribution in [3.05, 3.63) is 59.7 Å². The molecule has 1 unspecified atom stereocenters. The van der Waals surface area contributed by atoms with Crippen molar-refractivity contribution in [2.24, 2.45) is 0 Å². The third-order valence-corrected chi connectivity index (χ3v) is 6.62. The number of hydrogen-bond donors (Lipinski definition) is 1. The number of nitrogens with one attached hydrogen (secondary N) is 1. The maximum atomic E-state index is 13.2. The van der Waals surface area contributed by atoms with E-state index in [1.54, 1.807) is 19.1 Å². The third-order valence-electron chi connectivity index (χ3n) is 3.80. The highest BCUT2D eigenvalue weighted by atomic mass is 32.2. The second-order valence-corrected chi connectivity index (χ2v) is 9.21. The van der Waals surface area contributed by atoms with Crippen molar-refractivity contribution >= 4 is 27.7 Å². The van der Waals surface area contributed by atoms with E-state index in [1.165, 1.54) is 32.3 Å². The number of amides is 1. The molecule has 0 aliphatic heterocycles. The van der Waals surface area contributed by atoms with E-state index in [9.17, 15) is 22.0 Å². The summed E-state index contributed by atoms with van der Waals surface area (Å²) < 4.78 is 51.3. The number of benzene rings is 2. The van der Waals surface area contributed by atoms with Gasteiger partial charge in [-0.1, -0.05) is 12.1 Å². The van der Waals surface area contributed by atoms with Crippen LogP contribution in [0.4, 0.5) is 8.78 Å². The summed E-state index contributed by atoms with van der Waals surface area (Å²) in [7, 11) is -0.593. The molecule has 0 heterocycles. The molecule has 2 rings (SSSR count). The average Bonchev–Trinajstić information content (AvgIpc) is 2.62. The van der Waals surface area contributed by atoms with E-state index in [0.717, 1.165) is 33.8 Å². The Balaban J connectivity index is 1.95. The van der Waals surface area contributed by atoms with Crippen molar-refractivity contribution < 1.29 is 22.0 Å². The summed E-state index contributed by atoms with van der Waals surface area (Å²) >= 11 is 1.09. The van der Waals surface area contributed by atoms with Crippen LogP contribution in [0.1, 0.15) is 18.5 Å². The molecule has 0 aliphatic rings. The van der Waals surface area contributed by atoms with E-state index in [1.807, 2.05) is 0 Å². The van der Waals surface area contributed by atoms with Gasteiger partial charge < -0.3 is 5.32 Å². The maximum Gasteiger partial charge on any atom is 0.242 e. The molecule has 0 bridgehead atoms. The molecule has 1 amide bonds. The van der Waals surface area contributed by atoms with Crippen LogP contribution in [0.5, 0.6) is 0 Å². The van der Waals surface area contributed by atoms with Gasteiger partial charge in [0.1, 0.15) is 0 Å². The van der Waals surface area contributed by atoms with E-state index in [4.69, 9.17) is 0 Å². The molecule has 27 heavy (non-hydrogen) atoms. The first kappa shape index (κ1) is 21.3. The van der Waals surface area contributed by atoms with Crippen molar-refractivity contribution in [3.63, 3.8) is 0 Å². The lowest BCUT2D eigenvalue weighted by atomic mass is 10.1. The van der Waals surface area contributed by atoms with Crippen LogP contribution in [0.15, 0.2) is 52.3 Å². The van der Waals surface area contributed by atoms with Gasteiger partial charge in [-0.25, -0.2) is 21.5 Å². The molecule has 1 N–H and O–H groups in total. The fourth-order valence-corrected chi connectivity index (χ4v) is 3.86. The average molecular weight is 414 g/mol. The summed E-state index contributed by atoms with van der Waals surface area (Å²) in [6, 6.07) is 9.39. The molecule has 0 spiro atoms. The molecule has 0 fully saturated rings. The Morgan fingerprint density at radius 1 is 1.11 bits per heavy atom. The molecule has 2 aromatic carbocycles. The zero-order valence-corrected chi connectivity index (χ0v) is 16.7. The van der Waals surface area contributed by atoms with E-state index in [2.05, 4.69) is 5.32 Å². The number of rotatable bonds is 7. The quantitative estimate of drug-likeness (QED) is 0.707. The van der Waals surface area contributed by atoms with Gasteiger partial charge in [0.15, 0.2) is 11.6 Å². The van der Waals surface area contributed by atoms with Crippen molar-refractivity contribution in [1.29, 1.82) is 0 Å². The molecule has 2 aromatic rings. The van der Waals surface area contributed by atoms with Gasteiger partial charge in [0.25, 0.3) is 0 Å². The normalized spacial score (nSPS) is 12.8. The Morgan fingerprint density at radius 2 is 1.74 bits per heavy atom. The highest BCUT2D eigenvalue weighted by Gasteiger charge is 2.18. The van der Waals surface area contributed by atoms with Crippen molar-refractivity contribution in [2.75, 3.05) is 19.8 Å². The van der Waals surface area contributed by atoms with Crippen LogP contribution < -0.4 is 5.32 Å². The van der Waals surface area contributed by atoms with Crippen molar-refractivity contribution in [2.45, 2.75) is 22.8 Å². The minimum atomic E-state index is -3.50. The van der Waals surface area contributed by atoms with Crippen LogP contribution in [-0.2, 0) is 14.8 Å². The first-order chi connectivity index (χ1) is 12.6. The van der Waals surface area contributed by atoms with Crippen molar-refractivity contribution in [1.82, 2.24) is 9.62 Å². The molecule has 0 saturated heterocycles. The molecular formula is C18H20F2N2O3S2. The minimum Gasteiger partial charge on any atom is -0.349 e. The topological polar surface area (TPSA) is 66.5 Å². The van der Waals surface area contributed by atoms with E-state index >= 15 is 0 Å². The summed E-state index contributed by atoms with van der Waals surface area (Å²) in [4.78, 5) is 12.7. The number of carbonyl (C=O) groups excluding carboxylic acids is 1. The van der Waals surface area contributed by atoms with Gasteiger partial charge in [0, 0.05) is 19.0 Å². The number of sulfonamides is 1. The van der Waals surface area contributed by atoms with E-state index < -0.39 is 21.7 Å². The number of carbonyl (C=O) groups is 1. The Kier molecular flexibility index (Phi) is 6.96. The molecular weight excluding hydrogens is 394 g/mol. The lowest BCUT2D eigenvalue weighted by molar-refractivity contribution is -0.119. The van der Waals surface area contributed by atoms with Crippen LogP contribution >= 0.6 is 11.8 Å². The smallest absolute Gasteiger partial charge is 0.242 e. The maximum absolute atomic E-state index is 13.2. The molecule has 0 saturated carbocycles. The fourth-order valence-electron chi connectivity index (χ4n) is 2.22. The standard InChI is InChI=1S/C18H20F2N2O3S2/c1-12(13-4-7-15(8-5-13)27(24,25)22(2)3)21-18(23)11-26-14-6-9-16(19)17(20)10-14/h4-10,12H,11H2,1-3H3,(H,21,23). The third kappa shape index (κ3) is 5.50. The molecule has 0 aliphatic carbocycles. The van der Waals surface area contributed by atoms with Gasteiger partial charge in [-0.2, -0.15) is 0 Å². The van der Waals surface area contributed by atoms with Gasteiger partial charge in [-0.05, 0) is 42.8 Å². The van der Waals surface area contributed by atoms with E-state index in [0.29, 0.717) is 4.90 Å². The number of nitrogens with zero attached hydrogens (tertiary/aromatic N) is 1. The Hall–Kier alpha value is -1.97. The number of hydrogen-bond acceptors (Lipinski definition) is 4. The zero-order chi connectivity index (χ0) is 20.2. The predicted octanol–water partition coefficient (Wildman–Crippen LogP) is 3.18. The Labute approximate surface area is 161 Å². The first-order valence-electron chi connectivity index (χ1n) is 8.01. The molecule has 0 aromatic heterocycles. The number of thioether (sulfide) groups is 1. The molecule has 146 valence electrons. The van der Waals surface area contributed by atoms with Crippen LogP contribution in [-0.4, -0.2) is 38.5 Å². The largest absolute Gasteiger partial charge is 0.349 e. The molecule has 1 atom stereocenters. The van der Waals surface area contributed by atoms with Gasteiger partial charge >= 0.3 is 0 Å².